The number of hydrogen-bond acceptors (Lipinski definition) is 6. The van der Waals surface area contributed by atoms with E-state index >= 15 is 0 Å². The summed E-state index contributed by atoms with van der Waals surface area (Å²) in [5, 5.41) is 2.83. The van der Waals surface area contributed by atoms with Gasteiger partial charge in [-0.05, 0) is 12.8 Å². The molecule has 1 atom stereocenters. The van der Waals surface area contributed by atoms with Gasteiger partial charge in [0.1, 0.15) is 5.82 Å². The monoisotopic (exact) mass is 279 g/mol. The molecule has 0 aliphatic carbocycles. The Balaban J connectivity index is 2.08. The molecule has 2 rings (SSSR count). The SMILES string of the molecule is CC(C)c1ncc(NN)c(C(=O)NCC2CCCO2)n1. The number of nitrogens with zero attached hydrogens (tertiary/aromatic N) is 2. The number of rotatable bonds is 5. The average molecular weight is 279 g/mol. The van der Waals surface area contributed by atoms with Gasteiger partial charge in [0, 0.05) is 19.1 Å². The molecule has 1 aliphatic heterocycles. The van der Waals surface area contributed by atoms with Crippen LogP contribution >= 0.6 is 0 Å². The van der Waals surface area contributed by atoms with Gasteiger partial charge in [0.15, 0.2) is 5.69 Å². The number of ether oxygens (including phenoxy) is 1. The van der Waals surface area contributed by atoms with Crippen molar-refractivity contribution < 1.29 is 9.53 Å². The molecule has 0 spiro atoms. The summed E-state index contributed by atoms with van der Waals surface area (Å²) >= 11 is 0. The molecule has 7 heteroatoms. The van der Waals surface area contributed by atoms with Crippen molar-refractivity contribution >= 4 is 11.6 Å². The van der Waals surface area contributed by atoms with Gasteiger partial charge in [0.2, 0.25) is 0 Å². The van der Waals surface area contributed by atoms with Crippen molar-refractivity contribution in [2.45, 2.75) is 38.7 Å². The fourth-order valence-corrected chi connectivity index (χ4v) is 2.05. The fraction of sp³-hybridized carbons (Fsp3) is 0.615. The minimum absolute atomic E-state index is 0.0969. The average Bonchev–Trinajstić information content (AvgIpc) is 2.97. The predicted molar refractivity (Wildman–Crippen MR) is 75.2 cm³/mol. The Kier molecular flexibility index (Phi) is 4.86. The van der Waals surface area contributed by atoms with Crippen molar-refractivity contribution in [2.75, 3.05) is 18.6 Å². The molecule has 0 aromatic carbocycles. The summed E-state index contributed by atoms with van der Waals surface area (Å²) in [6.45, 7) is 5.20. The van der Waals surface area contributed by atoms with Crippen LogP contribution in [0.5, 0.6) is 0 Å². The van der Waals surface area contributed by atoms with E-state index in [-0.39, 0.29) is 23.6 Å². The van der Waals surface area contributed by atoms with E-state index < -0.39 is 0 Å². The smallest absolute Gasteiger partial charge is 0.272 e. The van der Waals surface area contributed by atoms with E-state index in [0.29, 0.717) is 18.1 Å². The lowest BCUT2D eigenvalue weighted by Crippen LogP contribution is -2.33. The van der Waals surface area contributed by atoms with Gasteiger partial charge >= 0.3 is 0 Å². The molecular weight excluding hydrogens is 258 g/mol. The first kappa shape index (κ1) is 14.7. The van der Waals surface area contributed by atoms with Crippen LogP contribution in [0.1, 0.15) is 48.9 Å². The maximum absolute atomic E-state index is 12.2. The number of nitrogen functional groups attached to an aromatic ring is 1. The third-order valence-corrected chi connectivity index (χ3v) is 3.21. The van der Waals surface area contributed by atoms with E-state index in [9.17, 15) is 4.79 Å². The normalized spacial score (nSPS) is 18.3. The van der Waals surface area contributed by atoms with E-state index in [1.807, 2.05) is 13.8 Å². The van der Waals surface area contributed by atoms with Crippen molar-refractivity contribution in [2.24, 2.45) is 5.84 Å². The second-order valence-electron chi connectivity index (χ2n) is 5.13. The second-order valence-corrected chi connectivity index (χ2v) is 5.13. The van der Waals surface area contributed by atoms with Crippen LogP contribution in [0.15, 0.2) is 6.20 Å². The predicted octanol–water partition coefficient (Wildman–Crippen LogP) is 0.794. The molecule has 1 fully saturated rings. The molecule has 1 saturated heterocycles. The Hall–Kier alpha value is -1.73. The van der Waals surface area contributed by atoms with Gasteiger partial charge in [0.05, 0.1) is 18.0 Å². The highest BCUT2D eigenvalue weighted by Crippen LogP contribution is 2.16. The van der Waals surface area contributed by atoms with Gasteiger partial charge in [-0.3, -0.25) is 10.6 Å². The molecule has 1 unspecified atom stereocenters. The number of anilines is 1. The lowest BCUT2D eigenvalue weighted by molar-refractivity contribution is 0.0854. The molecule has 0 bridgehead atoms. The van der Waals surface area contributed by atoms with Gasteiger partial charge < -0.3 is 15.5 Å². The summed E-state index contributed by atoms with van der Waals surface area (Å²) in [4.78, 5) is 20.7. The molecule has 2 heterocycles. The van der Waals surface area contributed by atoms with Gasteiger partial charge in [-0.25, -0.2) is 9.97 Å². The topological polar surface area (TPSA) is 102 Å². The molecule has 0 radical (unpaired) electrons. The lowest BCUT2D eigenvalue weighted by atomic mass is 10.2. The molecule has 20 heavy (non-hydrogen) atoms. The van der Waals surface area contributed by atoms with E-state index in [0.717, 1.165) is 19.4 Å². The third kappa shape index (κ3) is 3.43. The highest BCUT2D eigenvalue weighted by Gasteiger charge is 2.19. The summed E-state index contributed by atoms with van der Waals surface area (Å²) in [7, 11) is 0. The zero-order valence-electron chi connectivity index (χ0n) is 11.8. The van der Waals surface area contributed by atoms with E-state index in [1.54, 1.807) is 0 Å². The molecule has 1 aliphatic rings. The number of hydrogen-bond donors (Lipinski definition) is 3. The van der Waals surface area contributed by atoms with Crippen molar-refractivity contribution in [3.05, 3.63) is 17.7 Å². The molecule has 7 nitrogen and oxygen atoms in total. The fourth-order valence-electron chi connectivity index (χ4n) is 2.05. The summed E-state index contributed by atoms with van der Waals surface area (Å²) in [6, 6.07) is 0. The summed E-state index contributed by atoms with van der Waals surface area (Å²) in [6.07, 6.45) is 3.65. The van der Waals surface area contributed by atoms with Crippen LogP contribution in [-0.4, -0.2) is 35.1 Å². The number of nitrogens with one attached hydrogen (secondary N) is 2. The number of carbonyl (C=O) groups excluding carboxylic acids is 1. The van der Waals surface area contributed by atoms with Crippen LogP contribution in [0.25, 0.3) is 0 Å². The highest BCUT2D eigenvalue weighted by atomic mass is 16.5. The van der Waals surface area contributed by atoms with Gasteiger partial charge in [-0.1, -0.05) is 13.8 Å². The molecule has 4 N–H and O–H groups in total. The van der Waals surface area contributed by atoms with E-state index in [4.69, 9.17) is 10.6 Å². The van der Waals surface area contributed by atoms with E-state index in [1.165, 1.54) is 6.20 Å². The van der Waals surface area contributed by atoms with Gasteiger partial charge in [0.25, 0.3) is 5.91 Å². The van der Waals surface area contributed by atoms with Crippen LogP contribution in [0.4, 0.5) is 5.69 Å². The minimum Gasteiger partial charge on any atom is -0.376 e. The van der Waals surface area contributed by atoms with Crippen LogP contribution in [0.3, 0.4) is 0 Å². The zero-order valence-corrected chi connectivity index (χ0v) is 11.8. The van der Waals surface area contributed by atoms with Crippen molar-refractivity contribution in [1.82, 2.24) is 15.3 Å². The number of amides is 1. The number of aromatic nitrogens is 2. The summed E-state index contributed by atoms with van der Waals surface area (Å²) in [5.41, 5.74) is 3.14. The summed E-state index contributed by atoms with van der Waals surface area (Å²) in [5.74, 6) is 5.89. The van der Waals surface area contributed by atoms with Gasteiger partial charge in [-0.2, -0.15) is 0 Å². The Morgan fingerprint density at radius 2 is 2.40 bits per heavy atom. The largest absolute Gasteiger partial charge is 0.376 e. The molecule has 1 aromatic rings. The third-order valence-electron chi connectivity index (χ3n) is 3.21. The molecule has 1 amide bonds. The highest BCUT2D eigenvalue weighted by molar-refractivity contribution is 5.97. The van der Waals surface area contributed by atoms with Crippen molar-refractivity contribution in [3.8, 4) is 0 Å². The molecule has 0 saturated carbocycles. The minimum atomic E-state index is -0.266. The number of hydrazine groups is 1. The quantitative estimate of drug-likeness (QED) is 0.544. The summed E-state index contributed by atoms with van der Waals surface area (Å²) < 4.78 is 5.47. The van der Waals surface area contributed by atoms with Crippen LogP contribution in [-0.2, 0) is 4.74 Å². The molecular formula is C13H21N5O2. The Bertz CT molecular complexity index is 472. The second kappa shape index (κ2) is 6.62. The van der Waals surface area contributed by atoms with Crippen LogP contribution in [0.2, 0.25) is 0 Å². The van der Waals surface area contributed by atoms with Gasteiger partial charge in [-0.15, -0.1) is 0 Å². The van der Waals surface area contributed by atoms with Crippen molar-refractivity contribution in [3.63, 3.8) is 0 Å². The first-order valence-electron chi connectivity index (χ1n) is 6.85. The Morgan fingerprint density at radius 1 is 1.60 bits per heavy atom. The Morgan fingerprint density at radius 3 is 3.00 bits per heavy atom. The molecule has 1 aromatic heterocycles. The zero-order chi connectivity index (χ0) is 14.5. The first-order chi connectivity index (χ1) is 9.61. The number of nitrogens with two attached hydrogens (primary N) is 1. The van der Waals surface area contributed by atoms with E-state index in [2.05, 4.69) is 20.7 Å². The molecule has 110 valence electrons. The lowest BCUT2D eigenvalue weighted by Gasteiger charge is -2.13. The number of carbonyl (C=O) groups is 1. The van der Waals surface area contributed by atoms with Crippen LogP contribution < -0.4 is 16.6 Å². The standard InChI is InChI=1S/C13H21N5O2/c1-8(2)12-15-7-10(18-14)11(17-12)13(19)16-6-9-4-3-5-20-9/h7-9,18H,3-6,14H2,1-2H3,(H,16,19). The first-order valence-corrected chi connectivity index (χ1v) is 6.85. The van der Waals surface area contributed by atoms with Crippen LogP contribution in [0, 0.1) is 0 Å². The van der Waals surface area contributed by atoms with Crippen molar-refractivity contribution in [1.29, 1.82) is 0 Å². The maximum atomic E-state index is 12.2. The Labute approximate surface area is 118 Å². The maximum Gasteiger partial charge on any atom is 0.272 e.